The molecule has 0 saturated carbocycles. The van der Waals surface area contributed by atoms with Crippen LogP contribution in [0.3, 0.4) is 0 Å². The quantitative estimate of drug-likeness (QED) is 0.0930. The summed E-state index contributed by atoms with van der Waals surface area (Å²) in [5.74, 6) is 0.187. The van der Waals surface area contributed by atoms with E-state index in [0.717, 1.165) is 63.2 Å². The van der Waals surface area contributed by atoms with Crippen molar-refractivity contribution in [2.45, 2.75) is 50.9 Å². The Morgan fingerprint density at radius 3 is 2.19 bits per heavy atom. The van der Waals surface area contributed by atoms with Crippen LogP contribution in [0.25, 0.3) is 53.9 Å². The number of aromatic nitrogens is 4. The van der Waals surface area contributed by atoms with Gasteiger partial charge in [-0.25, -0.2) is 23.9 Å². The smallest absolute Gasteiger partial charge is 0.407 e. The van der Waals surface area contributed by atoms with Crippen LogP contribution in [0.5, 0.6) is 0 Å². The van der Waals surface area contributed by atoms with E-state index in [0.29, 0.717) is 24.5 Å². The van der Waals surface area contributed by atoms with Crippen molar-refractivity contribution in [2.24, 2.45) is 5.92 Å². The Morgan fingerprint density at radius 1 is 0.812 bits per heavy atom. The number of hydrogen-bond donors (Lipinski definition) is 4. The second-order valence-electron chi connectivity index (χ2n) is 16.1. The number of rotatable bonds is 11. The molecule has 1 fully saturated rings. The molecule has 2 aliphatic rings. The molecule has 7 aromatic rings. The molecule has 14 nitrogen and oxygen atoms in total. The van der Waals surface area contributed by atoms with Gasteiger partial charge in [0.05, 0.1) is 52.6 Å². The maximum absolute atomic E-state index is 13.9. The fourth-order valence-corrected chi connectivity index (χ4v) is 11.0. The first-order valence-electron chi connectivity index (χ1n) is 20.9. The van der Waals surface area contributed by atoms with E-state index in [1.165, 1.54) is 47.9 Å². The molecule has 2 unspecified atom stereocenters. The highest BCUT2D eigenvalue weighted by molar-refractivity contribution is 7.27. The van der Waals surface area contributed by atoms with E-state index < -0.39 is 42.0 Å². The molecule has 2 aliphatic heterocycles. The number of hydrogen-bond acceptors (Lipinski definition) is 10. The molecule has 4 atom stereocenters. The largest absolute Gasteiger partial charge is 0.453 e. The standard InChI is InChI=1S/C47H45FN8O6S2/c1-25(2)38(53-46(59)61-3)44(57)56-20-6-8-37(56)43-50-33-18-15-29(21-34(33)51-43)32-24-64-40-31(23-63-41(32)40)26-9-11-27(12-10-26)35-22-49-42(52-35)36-7-5-19-55(36)45(58)39(54-47(60)62-4)28-13-16-30(48)17-14-28/h5,7,9-18,21-25,36-39H,6,8,19-20H2,1-4H3,(H,49,52)(H,50,51)(H,53,59)(H,54,60)/t36?,37?,38-,39+/m0/s1. The van der Waals surface area contributed by atoms with E-state index in [9.17, 15) is 23.6 Å². The van der Waals surface area contributed by atoms with Crippen LogP contribution in [0.2, 0.25) is 0 Å². The van der Waals surface area contributed by atoms with Crippen LogP contribution >= 0.6 is 22.7 Å². The molecule has 0 spiro atoms. The Morgan fingerprint density at radius 2 is 1.48 bits per heavy atom. The van der Waals surface area contributed by atoms with Gasteiger partial charge in [0.25, 0.3) is 5.91 Å². The first-order valence-corrected chi connectivity index (χ1v) is 22.6. The number of amides is 4. The van der Waals surface area contributed by atoms with Gasteiger partial charge in [0.1, 0.15) is 35.6 Å². The lowest BCUT2D eigenvalue weighted by Crippen LogP contribution is -2.51. The Kier molecular flexibility index (Phi) is 11.8. The van der Waals surface area contributed by atoms with Crippen LogP contribution < -0.4 is 10.6 Å². The average Bonchev–Trinajstić information content (AvgIpc) is 4.16. The topological polar surface area (TPSA) is 175 Å². The lowest BCUT2D eigenvalue weighted by molar-refractivity contribution is -0.135. The number of nitrogens with zero attached hydrogens (tertiary/aromatic N) is 4. The summed E-state index contributed by atoms with van der Waals surface area (Å²) in [5.41, 5.74) is 8.27. The summed E-state index contributed by atoms with van der Waals surface area (Å²) in [5, 5.41) is 9.69. The van der Waals surface area contributed by atoms with Crippen molar-refractivity contribution in [3.05, 3.63) is 119 Å². The van der Waals surface area contributed by atoms with Gasteiger partial charge < -0.3 is 39.9 Å². The summed E-state index contributed by atoms with van der Waals surface area (Å²) in [6.07, 6.45) is 5.70. The van der Waals surface area contributed by atoms with Gasteiger partial charge in [0.15, 0.2) is 0 Å². The minimum Gasteiger partial charge on any atom is -0.453 e. The number of fused-ring (bicyclic) bond motifs is 2. The molecular formula is C47H45FN8O6S2. The normalized spacial score (nSPS) is 17.0. The predicted octanol–water partition coefficient (Wildman–Crippen LogP) is 9.28. The lowest BCUT2D eigenvalue weighted by atomic mass is 10.0. The SMILES string of the molecule is COC(=O)N[C@H](C(=O)N1CCCC1c1nc2ccc(-c3csc4c(-c5ccc(-c6cnc(C7C=CCN7C(=O)[C@H](NC(=O)OC)c7ccc(F)cc7)[nH]6)cc5)csc34)cc2[nH]1)C(C)C. The molecule has 6 heterocycles. The Hall–Kier alpha value is -6.85. The molecule has 1 saturated heterocycles. The zero-order valence-electron chi connectivity index (χ0n) is 35.4. The number of imidazole rings is 2. The second-order valence-corrected chi connectivity index (χ2v) is 17.9. The molecule has 3 aromatic carbocycles. The van der Waals surface area contributed by atoms with Crippen LogP contribution in [0.1, 0.15) is 62.0 Å². The zero-order valence-corrected chi connectivity index (χ0v) is 37.0. The number of ether oxygens (including phenoxy) is 2. The number of likely N-dealkylation sites (tertiary alicyclic amines) is 1. The summed E-state index contributed by atoms with van der Waals surface area (Å²) in [6, 6.07) is 17.4. The molecule has 0 aliphatic carbocycles. The molecule has 4 aromatic heterocycles. The van der Waals surface area contributed by atoms with Crippen LogP contribution in [0.15, 0.2) is 95.8 Å². The van der Waals surface area contributed by atoms with E-state index in [1.807, 2.05) is 49.1 Å². The maximum Gasteiger partial charge on any atom is 0.407 e. The predicted molar refractivity (Wildman–Crippen MR) is 244 cm³/mol. The molecule has 0 bridgehead atoms. The number of methoxy groups -OCH3 is 2. The van der Waals surface area contributed by atoms with Gasteiger partial charge in [-0.1, -0.05) is 68.5 Å². The van der Waals surface area contributed by atoms with Crippen LogP contribution in [-0.4, -0.2) is 87.1 Å². The van der Waals surface area contributed by atoms with Crippen LogP contribution in [-0.2, 0) is 19.1 Å². The van der Waals surface area contributed by atoms with Crippen molar-refractivity contribution in [3.63, 3.8) is 0 Å². The Labute approximate surface area is 375 Å². The van der Waals surface area contributed by atoms with Crippen molar-refractivity contribution in [3.8, 4) is 33.5 Å². The minimum absolute atomic E-state index is 0.119. The highest BCUT2D eigenvalue weighted by Gasteiger charge is 2.38. The van der Waals surface area contributed by atoms with E-state index in [2.05, 4.69) is 60.6 Å². The number of aromatic amines is 2. The molecule has 9 rings (SSSR count). The molecular weight excluding hydrogens is 856 g/mol. The lowest BCUT2D eigenvalue weighted by Gasteiger charge is -2.29. The number of alkyl carbamates (subject to hydrolysis) is 2. The number of carbonyl (C=O) groups is 4. The third-order valence-corrected chi connectivity index (χ3v) is 14.0. The third-order valence-electron chi connectivity index (χ3n) is 11.9. The van der Waals surface area contributed by atoms with Gasteiger partial charge >= 0.3 is 12.2 Å². The average molecular weight is 901 g/mol. The first-order chi connectivity index (χ1) is 31.0. The highest BCUT2D eigenvalue weighted by atomic mass is 32.1. The second kappa shape index (κ2) is 17.7. The minimum atomic E-state index is -1.09. The Balaban J connectivity index is 0.905. The first kappa shape index (κ1) is 42.5. The fourth-order valence-electron chi connectivity index (χ4n) is 8.50. The molecule has 64 heavy (non-hydrogen) atoms. The summed E-state index contributed by atoms with van der Waals surface area (Å²) in [7, 11) is 2.51. The summed E-state index contributed by atoms with van der Waals surface area (Å²) >= 11 is 3.42. The maximum atomic E-state index is 13.9. The van der Waals surface area contributed by atoms with Gasteiger partial charge in [0, 0.05) is 35.0 Å². The summed E-state index contributed by atoms with van der Waals surface area (Å²) < 4.78 is 25.7. The number of halogens is 1. The van der Waals surface area contributed by atoms with Gasteiger partial charge in [-0.15, -0.1) is 22.7 Å². The van der Waals surface area contributed by atoms with Crippen LogP contribution in [0.4, 0.5) is 14.0 Å². The van der Waals surface area contributed by atoms with E-state index in [1.54, 1.807) is 33.8 Å². The molecule has 328 valence electrons. The number of benzene rings is 3. The van der Waals surface area contributed by atoms with E-state index >= 15 is 0 Å². The molecule has 17 heteroatoms. The van der Waals surface area contributed by atoms with E-state index in [4.69, 9.17) is 14.5 Å². The van der Waals surface area contributed by atoms with Gasteiger partial charge in [-0.3, -0.25) is 9.59 Å². The highest BCUT2D eigenvalue weighted by Crippen LogP contribution is 2.45. The Bertz CT molecular complexity index is 2900. The molecule has 0 radical (unpaired) electrons. The van der Waals surface area contributed by atoms with Gasteiger partial charge in [0.2, 0.25) is 5.91 Å². The number of nitrogens with one attached hydrogen (secondary N) is 4. The van der Waals surface area contributed by atoms with Gasteiger partial charge in [-0.05, 0) is 65.3 Å². The number of carbonyl (C=O) groups excluding carboxylic acids is 4. The monoisotopic (exact) mass is 900 g/mol. The van der Waals surface area contributed by atoms with Gasteiger partial charge in [-0.2, -0.15) is 0 Å². The molecule has 4 amide bonds. The number of thiophene rings is 2. The number of H-pyrrole nitrogens is 2. The zero-order chi connectivity index (χ0) is 44.6. The van der Waals surface area contributed by atoms with Crippen molar-refractivity contribution in [2.75, 3.05) is 27.3 Å². The van der Waals surface area contributed by atoms with Crippen LogP contribution in [0, 0.1) is 11.7 Å². The van der Waals surface area contributed by atoms with Crippen molar-refractivity contribution < 1.29 is 33.0 Å². The summed E-state index contributed by atoms with van der Waals surface area (Å²) in [6.45, 7) is 4.69. The van der Waals surface area contributed by atoms with Crippen molar-refractivity contribution in [1.82, 2.24) is 40.4 Å². The molecule has 4 N–H and O–H groups in total. The fraction of sp³-hybridized carbons (Fsp3) is 0.277. The third kappa shape index (κ3) is 8.12. The van der Waals surface area contributed by atoms with Crippen molar-refractivity contribution in [1.29, 1.82) is 0 Å². The van der Waals surface area contributed by atoms with E-state index in [-0.39, 0.29) is 17.9 Å². The van der Waals surface area contributed by atoms with Crippen molar-refractivity contribution >= 4 is 67.1 Å². The summed E-state index contributed by atoms with van der Waals surface area (Å²) in [4.78, 5) is 71.8.